The zero-order valence-corrected chi connectivity index (χ0v) is 13.0. The molecule has 1 saturated carbocycles. The third-order valence-electron chi connectivity index (χ3n) is 3.91. The van der Waals surface area contributed by atoms with Gasteiger partial charge in [-0.3, -0.25) is 0 Å². The number of rotatable bonds is 4. The Balaban J connectivity index is 1.81. The SMILES string of the molecule is CC1CCCC(NC(C)Cc2ccc(Br)cc2)C1. The first-order valence-electron chi connectivity index (χ1n) is 7.14. The Morgan fingerprint density at radius 1 is 1.28 bits per heavy atom. The Labute approximate surface area is 119 Å². The third-order valence-corrected chi connectivity index (χ3v) is 4.44. The van der Waals surface area contributed by atoms with E-state index in [4.69, 9.17) is 0 Å². The lowest BCUT2D eigenvalue weighted by Crippen LogP contribution is -2.40. The Hall–Kier alpha value is -0.340. The minimum Gasteiger partial charge on any atom is -0.311 e. The second-order valence-electron chi connectivity index (χ2n) is 5.87. The van der Waals surface area contributed by atoms with Crippen LogP contribution in [0.3, 0.4) is 0 Å². The quantitative estimate of drug-likeness (QED) is 0.860. The smallest absolute Gasteiger partial charge is 0.0175 e. The monoisotopic (exact) mass is 309 g/mol. The van der Waals surface area contributed by atoms with Crippen molar-refractivity contribution in [1.82, 2.24) is 5.32 Å². The largest absolute Gasteiger partial charge is 0.311 e. The lowest BCUT2D eigenvalue weighted by molar-refractivity contribution is 0.284. The minimum absolute atomic E-state index is 0.571. The fourth-order valence-corrected chi connectivity index (χ4v) is 3.29. The van der Waals surface area contributed by atoms with Crippen LogP contribution in [0.5, 0.6) is 0 Å². The van der Waals surface area contributed by atoms with Crippen molar-refractivity contribution in [3.63, 3.8) is 0 Å². The number of hydrogen-bond acceptors (Lipinski definition) is 1. The van der Waals surface area contributed by atoms with Gasteiger partial charge in [0.25, 0.3) is 0 Å². The molecule has 100 valence electrons. The number of benzene rings is 1. The Morgan fingerprint density at radius 3 is 2.67 bits per heavy atom. The average molecular weight is 310 g/mol. The van der Waals surface area contributed by atoms with Gasteiger partial charge in [-0.05, 0) is 49.8 Å². The Bertz CT molecular complexity index is 360. The van der Waals surface area contributed by atoms with Gasteiger partial charge in [0, 0.05) is 16.6 Å². The third kappa shape index (κ3) is 4.40. The molecule has 1 nitrogen and oxygen atoms in total. The molecule has 3 unspecified atom stereocenters. The molecule has 0 heterocycles. The molecule has 2 rings (SSSR count). The lowest BCUT2D eigenvalue weighted by Gasteiger charge is -2.30. The molecule has 0 spiro atoms. The van der Waals surface area contributed by atoms with E-state index >= 15 is 0 Å². The van der Waals surface area contributed by atoms with Gasteiger partial charge in [0.05, 0.1) is 0 Å². The van der Waals surface area contributed by atoms with E-state index in [-0.39, 0.29) is 0 Å². The zero-order chi connectivity index (χ0) is 13.0. The molecule has 0 amide bonds. The van der Waals surface area contributed by atoms with E-state index in [1.54, 1.807) is 0 Å². The highest BCUT2D eigenvalue weighted by Gasteiger charge is 2.19. The summed E-state index contributed by atoms with van der Waals surface area (Å²) >= 11 is 3.48. The molecule has 0 saturated heterocycles. The van der Waals surface area contributed by atoms with Crippen LogP contribution in [0.25, 0.3) is 0 Å². The molecular weight excluding hydrogens is 286 g/mol. The predicted molar refractivity (Wildman–Crippen MR) is 81.9 cm³/mol. The molecule has 1 N–H and O–H groups in total. The summed E-state index contributed by atoms with van der Waals surface area (Å²) in [6, 6.07) is 9.99. The highest BCUT2D eigenvalue weighted by molar-refractivity contribution is 9.10. The van der Waals surface area contributed by atoms with Gasteiger partial charge in [0.15, 0.2) is 0 Å². The van der Waals surface area contributed by atoms with Crippen molar-refractivity contribution in [1.29, 1.82) is 0 Å². The molecule has 1 fully saturated rings. The van der Waals surface area contributed by atoms with Crippen molar-refractivity contribution in [3.8, 4) is 0 Å². The van der Waals surface area contributed by atoms with E-state index in [1.165, 1.54) is 31.2 Å². The molecule has 3 atom stereocenters. The number of hydrogen-bond donors (Lipinski definition) is 1. The first-order valence-corrected chi connectivity index (χ1v) is 7.93. The van der Waals surface area contributed by atoms with E-state index < -0.39 is 0 Å². The molecular formula is C16H24BrN. The van der Waals surface area contributed by atoms with Crippen LogP contribution >= 0.6 is 15.9 Å². The molecule has 0 aromatic heterocycles. The normalized spacial score (nSPS) is 25.9. The van der Waals surface area contributed by atoms with E-state index in [9.17, 15) is 0 Å². The van der Waals surface area contributed by atoms with Crippen LogP contribution in [0.2, 0.25) is 0 Å². The fraction of sp³-hybridized carbons (Fsp3) is 0.625. The van der Waals surface area contributed by atoms with Crippen LogP contribution in [-0.4, -0.2) is 12.1 Å². The van der Waals surface area contributed by atoms with Gasteiger partial charge in [-0.25, -0.2) is 0 Å². The van der Waals surface area contributed by atoms with Crippen LogP contribution in [0.4, 0.5) is 0 Å². The van der Waals surface area contributed by atoms with Crippen molar-refractivity contribution in [2.75, 3.05) is 0 Å². The molecule has 1 aromatic rings. The molecule has 18 heavy (non-hydrogen) atoms. The molecule has 0 radical (unpaired) electrons. The van der Waals surface area contributed by atoms with Crippen molar-refractivity contribution in [2.24, 2.45) is 5.92 Å². The lowest BCUT2D eigenvalue weighted by atomic mass is 9.86. The van der Waals surface area contributed by atoms with Crippen molar-refractivity contribution < 1.29 is 0 Å². The van der Waals surface area contributed by atoms with E-state index in [2.05, 4.69) is 59.4 Å². The topological polar surface area (TPSA) is 12.0 Å². The predicted octanol–water partition coefficient (Wildman–Crippen LogP) is 4.55. The maximum atomic E-state index is 3.80. The molecule has 2 heteroatoms. The van der Waals surface area contributed by atoms with Gasteiger partial charge in [-0.15, -0.1) is 0 Å². The molecule has 1 aliphatic carbocycles. The Morgan fingerprint density at radius 2 is 2.00 bits per heavy atom. The van der Waals surface area contributed by atoms with Crippen LogP contribution in [0.15, 0.2) is 28.7 Å². The first kappa shape index (κ1) is 14.1. The molecule has 1 aliphatic rings. The van der Waals surface area contributed by atoms with Gasteiger partial charge >= 0.3 is 0 Å². The van der Waals surface area contributed by atoms with E-state index in [0.717, 1.165) is 22.9 Å². The summed E-state index contributed by atoms with van der Waals surface area (Å²) in [5, 5.41) is 3.80. The molecule has 0 bridgehead atoms. The van der Waals surface area contributed by atoms with E-state index in [0.29, 0.717) is 6.04 Å². The number of halogens is 1. The number of nitrogens with one attached hydrogen (secondary N) is 1. The highest BCUT2D eigenvalue weighted by atomic mass is 79.9. The second kappa shape index (κ2) is 6.72. The van der Waals surface area contributed by atoms with E-state index in [1.807, 2.05) is 0 Å². The van der Waals surface area contributed by atoms with Gasteiger partial charge in [0.2, 0.25) is 0 Å². The van der Waals surface area contributed by atoms with Gasteiger partial charge < -0.3 is 5.32 Å². The van der Waals surface area contributed by atoms with Crippen LogP contribution in [0, 0.1) is 5.92 Å². The van der Waals surface area contributed by atoms with Gasteiger partial charge in [-0.2, -0.15) is 0 Å². The summed E-state index contributed by atoms with van der Waals surface area (Å²) in [6.45, 7) is 4.69. The second-order valence-corrected chi connectivity index (χ2v) is 6.78. The molecule has 0 aliphatic heterocycles. The van der Waals surface area contributed by atoms with Crippen molar-refractivity contribution >= 4 is 15.9 Å². The summed E-state index contributed by atoms with van der Waals surface area (Å²) in [5.41, 5.74) is 1.42. The summed E-state index contributed by atoms with van der Waals surface area (Å²) in [5.74, 6) is 0.899. The van der Waals surface area contributed by atoms with Crippen molar-refractivity contribution in [3.05, 3.63) is 34.3 Å². The fourth-order valence-electron chi connectivity index (χ4n) is 3.02. The van der Waals surface area contributed by atoms with Crippen LogP contribution < -0.4 is 5.32 Å². The van der Waals surface area contributed by atoms with Gasteiger partial charge in [-0.1, -0.05) is 47.8 Å². The summed E-state index contributed by atoms with van der Waals surface area (Å²) in [7, 11) is 0. The first-order chi connectivity index (χ1) is 8.63. The van der Waals surface area contributed by atoms with Gasteiger partial charge in [0.1, 0.15) is 0 Å². The minimum atomic E-state index is 0.571. The standard InChI is InChI=1S/C16H24BrN/c1-12-4-3-5-16(10-12)18-13(2)11-14-6-8-15(17)9-7-14/h6-9,12-13,16,18H,3-5,10-11H2,1-2H3. The maximum absolute atomic E-state index is 3.80. The van der Waals surface area contributed by atoms with Crippen molar-refractivity contribution in [2.45, 2.75) is 58.0 Å². The molecule has 1 aromatic carbocycles. The zero-order valence-electron chi connectivity index (χ0n) is 11.5. The van der Waals surface area contributed by atoms with Crippen LogP contribution in [-0.2, 0) is 6.42 Å². The maximum Gasteiger partial charge on any atom is 0.0175 e. The summed E-state index contributed by atoms with van der Waals surface area (Å²) < 4.78 is 1.16. The summed E-state index contributed by atoms with van der Waals surface area (Å²) in [6.07, 6.45) is 6.64. The average Bonchev–Trinajstić information content (AvgIpc) is 2.32. The highest BCUT2D eigenvalue weighted by Crippen LogP contribution is 2.24. The Kier molecular flexibility index (Phi) is 5.25. The van der Waals surface area contributed by atoms with Crippen LogP contribution in [0.1, 0.15) is 45.1 Å². The summed E-state index contributed by atoms with van der Waals surface area (Å²) in [4.78, 5) is 0.